The van der Waals surface area contributed by atoms with E-state index in [1.807, 2.05) is 12.1 Å². The average molecular weight is 339 g/mol. The number of hydrogen-bond acceptors (Lipinski definition) is 3. The summed E-state index contributed by atoms with van der Waals surface area (Å²) in [5, 5.41) is 0. The van der Waals surface area contributed by atoms with Gasteiger partial charge in [0.2, 0.25) is 0 Å². The first kappa shape index (κ1) is 17.6. The van der Waals surface area contributed by atoms with Crippen LogP contribution in [0.25, 0.3) is 0 Å². The molecule has 5 heteroatoms. The van der Waals surface area contributed by atoms with Crippen molar-refractivity contribution in [2.75, 3.05) is 14.2 Å². The topological polar surface area (TPSA) is 44.5 Å². The molecule has 0 aliphatic heterocycles. The highest BCUT2D eigenvalue weighted by atomic mass is 79.9. The Labute approximate surface area is 124 Å². The maximum atomic E-state index is 6.17. The maximum Gasteiger partial charge on any atom is 0.161 e. The highest BCUT2D eigenvalue weighted by Crippen LogP contribution is 2.36. The third-order valence-corrected chi connectivity index (χ3v) is 3.46. The van der Waals surface area contributed by atoms with Gasteiger partial charge in [0, 0.05) is 10.5 Å². The van der Waals surface area contributed by atoms with Crippen LogP contribution in [-0.4, -0.2) is 14.2 Å². The Hall–Kier alpha value is -0.450. The molecule has 0 aliphatic carbocycles. The zero-order valence-electron chi connectivity index (χ0n) is 11.0. The number of halogens is 2. The Morgan fingerprint density at radius 2 is 1.78 bits per heavy atom. The van der Waals surface area contributed by atoms with Gasteiger partial charge in [-0.2, -0.15) is 0 Å². The number of unbranched alkanes of at least 4 members (excludes halogenated alkanes) is 1. The normalized spacial score (nSPS) is 11.6. The summed E-state index contributed by atoms with van der Waals surface area (Å²) >= 11 is 3.53. The lowest BCUT2D eigenvalue weighted by atomic mass is 10.0. The van der Waals surface area contributed by atoms with Gasteiger partial charge in [-0.3, -0.25) is 0 Å². The molecule has 1 aromatic rings. The number of rotatable bonds is 6. The molecule has 0 fully saturated rings. The lowest BCUT2D eigenvalue weighted by Gasteiger charge is -2.16. The first-order valence-corrected chi connectivity index (χ1v) is 6.60. The molecular weight excluding hydrogens is 318 g/mol. The van der Waals surface area contributed by atoms with Crippen molar-refractivity contribution < 1.29 is 9.47 Å². The standard InChI is InChI=1S/C13H20BrNO2.ClH/c1-4-5-6-11(15)9-7-12(16-2)13(17-3)8-10(9)14;/h7-8,11H,4-6,15H2,1-3H3;1H/t11-;/m0./s1. The Balaban J connectivity index is 0.00000289. The van der Waals surface area contributed by atoms with Crippen molar-refractivity contribution in [1.82, 2.24) is 0 Å². The van der Waals surface area contributed by atoms with Gasteiger partial charge in [0.15, 0.2) is 11.5 Å². The van der Waals surface area contributed by atoms with E-state index < -0.39 is 0 Å². The predicted molar refractivity (Wildman–Crippen MR) is 80.9 cm³/mol. The summed E-state index contributed by atoms with van der Waals surface area (Å²) in [6, 6.07) is 3.88. The van der Waals surface area contributed by atoms with Gasteiger partial charge in [0.25, 0.3) is 0 Å². The number of benzene rings is 1. The SMILES string of the molecule is CCCC[C@H](N)c1cc(OC)c(OC)cc1Br.Cl. The number of methoxy groups -OCH3 is 2. The summed E-state index contributed by atoms with van der Waals surface area (Å²) in [6.07, 6.45) is 3.26. The fraction of sp³-hybridized carbons (Fsp3) is 0.538. The number of hydrogen-bond donors (Lipinski definition) is 1. The van der Waals surface area contributed by atoms with E-state index in [1.165, 1.54) is 0 Å². The largest absolute Gasteiger partial charge is 0.493 e. The maximum absolute atomic E-state index is 6.17. The van der Waals surface area contributed by atoms with Gasteiger partial charge < -0.3 is 15.2 Å². The average Bonchev–Trinajstić information content (AvgIpc) is 2.35. The first-order valence-electron chi connectivity index (χ1n) is 5.81. The van der Waals surface area contributed by atoms with Crippen LogP contribution in [0.2, 0.25) is 0 Å². The molecule has 2 N–H and O–H groups in total. The third kappa shape index (κ3) is 4.34. The van der Waals surface area contributed by atoms with Crippen molar-refractivity contribution in [2.24, 2.45) is 5.73 Å². The van der Waals surface area contributed by atoms with Crippen molar-refractivity contribution in [2.45, 2.75) is 32.2 Å². The quantitative estimate of drug-likeness (QED) is 0.850. The van der Waals surface area contributed by atoms with Gasteiger partial charge in [0.05, 0.1) is 14.2 Å². The zero-order valence-corrected chi connectivity index (χ0v) is 13.4. The van der Waals surface area contributed by atoms with Crippen LogP contribution in [0, 0.1) is 0 Å². The fourth-order valence-electron chi connectivity index (χ4n) is 1.73. The van der Waals surface area contributed by atoms with Crippen LogP contribution in [-0.2, 0) is 0 Å². The number of ether oxygens (including phenoxy) is 2. The molecule has 0 unspecified atom stereocenters. The fourth-order valence-corrected chi connectivity index (χ4v) is 2.35. The highest BCUT2D eigenvalue weighted by molar-refractivity contribution is 9.10. The molecule has 1 rings (SSSR count). The third-order valence-electron chi connectivity index (χ3n) is 2.77. The predicted octanol–water partition coefficient (Wildman–Crippen LogP) is 4.08. The minimum Gasteiger partial charge on any atom is -0.493 e. The van der Waals surface area contributed by atoms with E-state index >= 15 is 0 Å². The molecule has 1 aromatic carbocycles. The lowest BCUT2D eigenvalue weighted by Crippen LogP contribution is -2.11. The molecule has 0 saturated heterocycles. The van der Waals surface area contributed by atoms with Crippen LogP contribution in [0.3, 0.4) is 0 Å². The van der Waals surface area contributed by atoms with Gasteiger partial charge in [-0.05, 0) is 24.1 Å². The second kappa shape index (κ2) is 8.62. The van der Waals surface area contributed by atoms with E-state index in [0.29, 0.717) is 5.75 Å². The summed E-state index contributed by atoms with van der Waals surface area (Å²) < 4.78 is 11.5. The van der Waals surface area contributed by atoms with Gasteiger partial charge in [0.1, 0.15) is 0 Å². The zero-order chi connectivity index (χ0) is 12.8. The van der Waals surface area contributed by atoms with Crippen LogP contribution in [0.1, 0.15) is 37.8 Å². The smallest absolute Gasteiger partial charge is 0.161 e. The van der Waals surface area contributed by atoms with Crippen LogP contribution >= 0.6 is 28.3 Å². The molecule has 0 bridgehead atoms. The van der Waals surface area contributed by atoms with E-state index in [0.717, 1.165) is 35.0 Å². The van der Waals surface area contributed by atoms with Crippen molar-refractivity contribution in [3.63, 3.8) is 0 Å². The van der Waals surface area contributed by atoms with E-state index in [4.69, 9.17) is 15.2 Å². The monoisotopic (exact) mass is 337 g/mol. The molecule has 0 aromatic heterocycles. The Kier molecular flexibility index (Phi) is 8.40. The summed E-state index contributed by atoms with van der Waals surface area (Å²) in [7, 11) is 3.26. The minimum atomic E-state index is 0. The second-order valence-electron chi connectivity index (χ2n) is 3.98. The van der Waals surface area contributed by atoms with Crippen LogP contribution in [0.4, 0.5) is 0 Å². The van der Waals surface area contributed by atoms with Crippen molar-refractivity contribution >= 4 is 28.3 Å². The summed E-state index contributed by atoms with van der Waals surface area (Å²) in [5.41, 5.74) is 7.24. The van der Waals surface area contributed by atoms with Crippen LogP contribution in [0.5, 0.6) is 11.5 Å². The van der Waals surface area contributed by atoms with Crippen molar-refractivity contribution in [1.29, 1.82) is 0 Å². The molecule has 18 heavy (non-hydrogen) atoms. The molecule has 0 spiro atoms. The highest BCUT2D eigenvalue weighted by Gasteiger charge is 2.14. The Morgan fingerprint density at radius 1 is 1.22 bits per heavy atom. The molecule has 1 atom stereocenters. The molecule has 0 amide bonds. The molecule has 0 heterocycles. The van der Waals surface area contributed by atoms with Gasteiger partial charge in [-0.25, -0.2) is 0 Å². The van der Waals surface area contributed by atoms with Crippen LogP contribution in [0.15, 0.2) is 16.6 Å². The van der Waals surface area contributed by atoms with Crippen molar-refractivity contribution in [3.8, 4) is 11.5 Å². The van der Waals surface area contributed by atoms with Crippen molar-refractivity contribution in [3.05, 3.63) is 22.2 Å². The molecule has 3 nitrogen and oxygen atoms in total. The van der Waals surface area contributed by atoms with E-state index in [9.17, 15) is 0 Å². The summed E-state index contributed by atoms with van der Waals surface area (Å²) in [5.74, 6) is 1.43. The molecule has 0 aliphatic rings. The molecular formula is C13H21BrClNO2. The number of nitrogens with two attached hydrogens (primary N) is 1. The first-order chi connectivity index (χ1) is 8.13. The van der Waals surface area contributed by atoms with Gasteiger partial charge in [-0.15, -0.1) is 12.4 Å². The Bertz CT molecular complexity index is 374. The Morgan fingerprint density at radius 3 is 2.28 bits per heavy atom. The minimum absolute atomic E-state index is 0. The van der Waals surface area contributed by atoms with Gasteiger partial charge >= 0.3 is 0 Å². The van der Waals surface area contributed by atoms with E-state index in [-0.39, 0.29) is 18.4 Å². The van der Waals surface area contributed by atoms with Gasteiger partial charge in [-0.1, -0.05) is 35.7 Å². The molecule has 104 valence electrons. The molecule has 0 radical (unpaired) electrons. The second-order valence-corrected chi connectivity index (χ2v) is 4.83. The van der Waals surface area contributed by atoms with E-state index in [2.05, 4.69) is 22.9 Å². The lowest BCUT2D eigenvalue weighted by molar-refractivity contribution is 0.353. The summed E-state index contributed by atoms with van der Waals surface area (Å²) in [4.78, 5) is 0. The van der Waals surface area contributed by atoms with E-state index in [1.54, 1.807) is 14.2 Å². The van der Waals surface area contributed by atoms with Crippen LogP contribution < -0.4 is 15.2 Å². The summed E-state index contributed by atoms with van der Waals surface area (Å²) in [6.45, 7) is 2.16. The molecule has 0 saturated carbocycles.